The molecule has 4 nitrogen and oxygen atoms in total. The Morgan fingerprint density at radius 2 is 1.89 bits per heavy atom. The van der Waals surface area contributed by atoms with E-state index in [1.807, 2.05) is 36.1 Å². The molecule has 0 fully saturated rings. The SMILES string of the molecule is CCCC(C(=O)O)N(CCC)Cc1ccc(N)cc1. The Balaban J connectivity index is 2.80. The Morgan fingerprint density at radius 3 is 2.37 bits per heavy atom. The largest absolute Gasteiger partial charge is 0.480 e. The third-order valence-electron chi connectivity index (χ3n) is 3.16. The summed E-state index contributed by atoms with van der Waals surface area (Å²) in [6.45, 7) is 5.54. The number of nitrogen functional groups attached to an aromatic ring is 1. The van der Waals surface area contributed by atoms with Gasteiger partial charge < -0.3 is 10.8 Å². The van der Waals surface area contributed by atoms with Crippen LogP contribution >= 0.6 is 0 Å². The zero-order chi connectivity index (χ0) is 14.3. The lowest BCUT2D eigenvalue weighted by Crippen LogP contribution is -2.41. The highest BCUT2D eigenvalue weighted by Gasteiger charge is 2.23. The van der Waals surface area contributed by atoms with Crippen LogP contribution < -0.4 is 5.73 Å². The Hall–Kier alpha value is -1.55. The smallest absolute Gasteiger partial charge is 0.320 e. The molecule has 0 saturated heterocycles. The van der Waals surface area contributed by atoms with E-state index in [0.29, 0.717) is 13.0 Å². The third kappa shape index (κ3) is 4.91. The average Bonchev–Trinajstić information content (AvgIpc) is 2.38. The van der Waals surface area contributed by atoms with E-state index in [1.54, 1.807) is 0 Å². The fourth-order valence-corrected chi connectivity index (χ4v) is 2.23. The number of hydrogen-bond acceptors (Lipinski definition) is 3. The van der Waals surface area contributed by atoms with Crippen molar-refractivity contribution in [2.75, 3.05) is 12.3 Å². The zero-order valence-electron chi connectivity index (χ0n) is 11.8. The topological polar surface area (TPSA) is 66.6 Å². The third-order valence-corrected chi connectivity index (χ3v) is 3.16. The molecule has 19 heavy (non-hydrogen) atoms. The molecule has 0 bridgehead atoms. The van der Waals surface area contributed by atoms with E-state index in [9.17, 15) is 9.90 Å². The summed E-state index contributed by atoms with van der Waals surface area (Å²) in [6, 6.07) is 7.23. The number of benzene rings is 1. The maximum Gasteiger partial charge on any atom is 0.320 e. The van der Waals surface area contributed by atoms with Crippen molar-refractivity contribution in [2.45, 2.75) is 45.7 Å². The van der Waals surface area contributed by atoms with E-state index in [4.69, 9.17) is 5.73 Å². The lowest BCUT2D eigenvalue weighted by atomic mass is 10.1. The van der Waals surface area contributed by atoms with Crippen LogP contribution in [0.3, 0.4) is 0 Å². The first-order chi connectivity index (χ1) is 9.08. The molecule has 1 aromatic rings. The maximum atomic E-state index is 11.4. The second-order valence-electron chi connectivity index (χ2n) is 4.85. The number of anilines is 1. The number of aliphatic carboxylic acids is 1. The zero-order valence-corrected chi connectivity index (χ0v) is 11.8. The molecule has 0 aromatic heterocycles. The van der Waals surface area contributed by atoms with Gasteiger partial charge in [-0.15, -0.1) is 0 Å². The molecule has 1 rings (SSSR count). The van der Waals surface area contributed by atoms with E-state index in [1.165, 1.54) is 0 Å². The van der Waals surface area contributed by atoms with E-state index < -0.39 is 12.0 Å². The molecule has 1 atom stereocenters. The molecule has 0 saturated carbocycles. The molecule has 0 spiro atoms. The molecule has 3 N–H and O–H groups in total. The average molecular weight is 264 g/mol. The number of carbonyl (C=O) groups is 1. The van der Waals surface area contributed by atoms with Gasteiger partial charge in [-0.05, 0) is 37.1 Å². The van der Waals surface area contributed by atoms with Gasteiger partial charge in [0.1, 0.15) is 6.04 Å². The van der Waals surface area contributed by atoms with Crippen LogP contribution in [0.5, 0.6) is 0 Å². The van der Waals surface area contributed by atoms with E-state index >= 15 is 0 Å². The van der Waals surface area contributed by atoms with Gasteiger partial charge in [0, 0.05) is 12.2 Å². The van der Waals surface area contributed by atoms with Gasteiger partial charge >= 0.3 is 5.97 Å². The van der Waals surface area contributed by atoms with Crippen molar-refractivity contribution in [1.82, 2.24) is 4.90 Å². The summed E-state index contributed by atoms with van der Waals surface area (Å²) in [5.74, 6) is -0.731. The van der Waals surface area contributed by atoms with Crippen LogP contribution in [0.25, 0.3) is 0 Å². The fraction of sp³-hybridized carbons (Fsp3) is 0.533. The molecule has 106 valence electrons. The van der Waals surface area contributed by atoms with Gasteiger partial charge in [-0.25, -0.2) is 0 Å². The summed E-state index contributed by atoms with van der Waals surface area (Å²) in [4.78, 5) is 13.4. The van der Waals surface area contributed by atoms with Crippen LogP contribution in [0.1, 0.15) is 38.7 Å². The van der Waals surface area contributed by atoms with Crippen molar-refractivity contribution in [3.63, 3.8) is 0 Å². The summed E-state index contributed by atoms with van der Waals surface area (Å²) in [7, 11) is 0. The quantitative estimate of drug-likeness (QED) is 0.708. The van der Waals surface area contributed by atoms with Gasteiger partial charge in [0.25, 0.3) is 0 Å². The molecule has 1 unspecified atom stereocenters. The van der Waals surface area contributed by atoms with Crippen molar-refractivity contribution in [1.29, 1.82) is 0 Å². The predicted octanol–water partition coefficient (Wildman–Crippen LogP) is 2.73. The van der Waals surface area contributed by atoms with Gasteiger partial charge in [0.05, 0.1) is 0 Å². The highest BCUT2D eigenvalue weighted by Crippen LogP contribution is 2.14. The van der Waals surface area contributed by atoms with Gasteiger partial charge in [-0.3, -0.25) is 9.69 Å². The Morgan fingerprint density at radius 1 is 1.26 bits per heavy atom. The maximum absolute atomic E-state index is 11.4. The van der Waals surface area contributed by atoms with Crippen molar-refractivity contribution in [2.24, 2.45) is 0 Å². The number of nitrogens with two attached hydrogens (primary N) is 1. The Labute approximate surface area is 115 Å². The number of rotatable bonds is 8. The second kappa shape index (κ2) is 7.79. The van der Waals surface area contributed by atoms with E-state index in [0.717, 1.165) is 30.6 Å². The molecule has 0 aliphatic rings. The lowest BCUT2D eigenvalue weighted by molar-refractivity contribution is -0.143. The second-order valence-corrected chi connectivity index (χ2v) is 4.85. The fourth-order valence-electron chi connectivity index (χ4n) is 2.23. The lowest BCUT2D eigenvalue weighted by Gasteiger charge is -2.28. The van der Waals surface area contributed by atoms with E-state index in [-0.39, 0.29) is 0 Å². The molecule has 0 radical (unpaired) electrons. The first-order valence-corrected chi connectivity index (χ1v) is 6.89. The van der Waals surface area contributed by atoms with Gasteiger partial charge in [0.15, 0.2) is 0 Å². The monoisotopic (exact) mass is 264 g/mol. The van der Waals surface area contributed by atoms with Crippen molar-refractivity contribution < 1.29 is 9.90 Å². The van der Waals surface area contributed by atoms with Crippen molar-refractivity contribution in [3.05, 3.63) is 29.8 Å². The van der Waals surface area contributed by atoms with Crippen LogP contribution in [0.15, 0.2) is 24.3 Å². The van der Waals surface area contributed by atoms with Gasteiger partial charge in [0.2, 0.25) is 0 Å². The normalized spacial score (nSPS) is 12.6. The number of carboxylic acids is 1. The molecule has 0 amide bonds. The predicted molar refractivity (Wildman–Crippen MR) is 77.9 cm³/mol. The van der Waals surface area contributed by atoms with Crippen molar-refractivity contribution in [3.8, 4) is 0 Å². The van der Waals surface area contributed by atoms with Crippen LogP contribution in [-0.2, 0) is 11.3 Å². The summed E-state index contributed by atoms with van der Waals surface area (Å²) in [5.41, 5.74) is 7.50. The van der Waals surface area contributed by atoms with Crippen LogP contribution in [0.2, 0.25) is 0 Å². The number of nitrogens with zero attached hydrogens (tertiary/aromatic N) is 1. The summed E-state index contributed by atoms with van der Waals surface area (Å²) >= 11 is 0. The highest BCUT2D eigenvalue weighted by atomic mass is 16.4. The Kier molecular flexibility index (Phi) is 6.36. The molecular weight excluding hydrogens is 240 g/mol. The molecular formula is C15H24N2O2. The first-order valence-electron chi connectivity index (χ1n) is 6.89. The van der Waals surface area contributed by atoms with Crippen LogP contribution in [0.4, 0.5) is 5.69 Å². The number of carboxylic acid groups (broad SMARTS) is 1. The molecule has 1 aromatic carbocycles. The minimum atomic E-state index is -0.731. The molecule has 0 aliphatic carbocycles. The summed E-state index contributed by atoms with van der Waals surface area (Å²) < 4.78 is 0. The van der Waals surface area contributed by atoms with E-state index in [2.05, 4.69) is 6.92 Å². The molecule has 0 aliphatic heterocycles. The van der Waals surface area contributed by atoms with Crippen LogP contribution in [0, 0.1) is 0 Å². The number of hydrogen-bond donors (Lipinski definition) is 2. The minimum absolute atomic E-state index is 0.400. The highest BCUT2D eigenvalue weighted by molar-refractivity contribution is 5.73. The first kappa shape index (κ1) is 15.5. The summed E-state index contributed by atoms with van der Waals surface area (Å²) in [6.07, 6.45) is 2.51. The van der Waals surface area contributed by atoms with Crippen LogP contribution in [-0.4, -0.2) is 28.6 Å². The Bertz CT molecular complexity index is 390. The van der Waals surface area contributed by atoms with Crippen molar-refractivity contribution >= 4 is 11.7 Å². The minimum Gasteiger partial charge on any atom is -0.480 e. The summed E-state index contributed by atoms with van der Waals surface area (Å²) in [5, 5.41) is 9.36. The molecule has 0 heterocycles. The van der Waals surface area contributed by atoms with Gasteiger partial charge in [-0.1, -0.05) is 32.4 Å². The molecule has 4 heteroatoms. The standard InChI is InChI=1S/C15H24N2O2/c1-3-5-14(15(18)19)17(10-4-2)11-12-6-8-13(16)9-7-12/h6-9,14H,3-5,10-11,16H2,1-2H3,(H,18,19). The van der Waals surface area contributed by atoms with Gasteiger partial charge in [-0.2, -0.15) is 0 Å².